The number of rotatable bonds is 2. The minimum atomic E-state index is -0.530. The molecule has 3 aromatic heterocycles. The van der Waals surface area contributed by atoms with Crippen molar-refractivity contribution in [1.29, 1.82) is 0 Å². The molecule has 0 N–H and O–H groups in total. The number of nitrogens with zero attached hydrogens (tertiary/aromatic N) is 4. The Morgan fingerprint density at radius 2 is 1.83 bits per heavy atom. The Hall–Kier alpha value is -3.68. The zero-order chi connectivity index (χ0) is 24.9. The Morgan fingerprint density at radius 1 is 1.09 bits per heavy atom. The van der Waals surface area contributed by atoms with Crippen LogP contribution in [0.4, 0.5) is 9.18 Å². The summed E-state index contributed by atoms with van der Waals surface area (Å²) in [5, 5.41) is 1.42. The van der Waals surface area contributed by atoms with Crippen molar-refractivity contribution in [3.63, 3.8) is 0 Å². The summed E-state index contributed by atoms with van der Waals surface area (Å²) in [6.45, 7) is 8.48. The number of piperidine rings is 1. The first-order valence-corrected chi connectivity index (χ1v) is 11.9. The molecule has 0 bridgehead atoms. The molecule has 1 aromatic carbocycles. The molecular formula is C27H29FN4O3. The Labute approximate surface area is 202 Å². The second-order valence-corrected chi connectivity index (χ2v) is 10.2. The van der Waals surface area contributed by atoms with E-state index in [0.29, 0.717) is 42.5 Å². The van der Waals surface area contributed by atoms with Crippen LogP contribution in [0.2, 0.25) is 0 Å². The lowest BCUT2D eigenvalue weighted by atomic mass is 10.0. The van der Waals surface area contributed by atoms with Crippen LogP contribution in [0.3, 0.4) is 0 Å². The van der Waals surface area contributed by atoms with E-state index >= 15 is 0 Å². The van der Waals surface area contributed by atoms with Gasteiger partial charge in [0.15, 0.2) is 11.5 Å². The minimum absolute atomic E-state index is 0.0197. The summed E-state index contributed by atoms with van der Waals surface area (Å²) in [5.74, 6) is -0.385. The fourth-order valence-corrected chi connectivity index (χ4v) is 4.72. The molecule has 0 radical (unpaired) electrons. The van der Waals surface area contributed by atoms with Crippen LogP contribution < -0.4 is 5.56 Å². The van der Waals surface area contributed by atoms with E-state index in [1.54, 1.807) is 26.1 Å². The van der Waals surface area contributed by atoms with Gasteiger partial charge in [0.1, 0.15) is 5.60 Å². The standard InChI is InChI=1S/C27H29FN4O3/c1-17-15-31-16-20(14-23(28)24(31)29-17)18-5-6-22-19(13-18)7-12-32(25(22)33)21-8-10-30(11-9-21)26(34)35-27(2,3)4/h5-7,12-16,21H,8-11H2,1-4H3. The van der Waals surface area contributed by atoms with Crippen LogP contribution in [0.15, 0.2) is 53.7 Å². The predicted molar refractivity (Wildman–Crippen MR) is 133 cm³/mol. The minimum Gasteiger partial charge on any atom is -0.444 e. The number of carbonyl (C=O) groups is 1. The molecule has 7 nitrogen and oxygen atoms in total. The van der Waals surface area contributed by atoms with Crippen molar-refractivity contribution in [2.45, 2.75) is 52.2 Å². The SMILES string of the molecule is Cc1cn2cc(-c3ccc4c(=O)n(C5CCN(C(=O)OC(C)(C)C)CC5)ccc4c3)cc(F)c2n1. The molecule has 0 saturated carbocycles. The van der Waals surface area contributed by atoms with E-state index in [-0.39, 0.29) is 23.5 Å². The number of hydrogen-bond donors (Lipinski definition) is 0. The highest BCUT2D eigenvalue weighted by Gasteiger charge is 2.28. The number of hydrogen-bond acceptors (Lipinski definition) is 4. The number of benzene rings is 1. The van der Waals surface area contributed by atoms with Crippen LogP contribution >= 0.6 is 0 Å². The van der Waals surface area contributed by atoms with Crippen LogP contribution in [0.5, 0.6) is 0 Å². The number of fused-ring (bicyclic) bond motifs is 2. The van der Waals surface area contributed by atoms with Crippen molar-refractivity contribution in [1.82, 2.24) is 18.9 Å². The zero-order valence-corrected chi connectivity index (χ0v) is 20.4. The van der Waals surface area contributed by atoms with E-state index in [1.807, 2.05) is 58.3 Å². The molecule has 1 aliphatic rings. The lowest BCUT2D eigenvalue weighted by Gasteiger charge is -2.34. The van der Waals surface area contributed by atoms with Gasteiger partial charge in [-0.3, -0.25) is 4.79 Å². The van der Waals surface area contributed by atoms with Gasteiger partial charge in [-0.2, -0.15) is 0 Å². The summed E-state index contributed by atoms with van der Waals surface area (Å²) in [4.78, 5) is 31.6. The van der Waals surface area contributed by atoms with E-state index in [4.69, 9.17) is 4.74 Å². The molecule has 1 fully saturated rings. The van der Waals surface area contributed by atoms with Crippen molar-refractivity contribution in [3.8, 4) is 11.1 Å². The monoisotopic (exact) mass is 476 g/mol. The molecule has 0 aliphatic carbocycles. The predicted octanol–water partition coefficient (Wildman–Crippen LogP) is 5.34. The van der Waals surface area contributed by atoms with Gasteiger partial charge in [0.05, 0.1) is 5.69 Å². The van der Waals surface area contributed by atoms with Crippen LogP contribution in [0, 0.1) is 12.7 Å². The summed E-state index contributed by atoms with van der Waals surface area (Å²) >= 11 is 0. The summed E-state index contributed by atoms with van der Waals surface area (Å²) in [7, 11) is 0. The first kappa shape index (κ1) is 23.1. The van der Waals surface area contributed by atoms with Crippen molar-refractivity contribution in [2.75, 3.05) is 13.1 Å². The van der Waals surface area contributed by atoms with E-state index in [2.05, 4.69) is 4.98 Å². The van der Waals surface area contributed by atoms with Crippen molar-refractivity contribution in [3.05, 3.63) is 70.8 Å². The maximum Gasteiger partial charge on any atom is 0.410 e. The van der Waals surface area contributed by atoms with Crippen molar-refractivity contribution >= 4 is 22.5 Å². The van der Waals surface area contributed by atoms with Gasteiger partial charge in [0.2, 0.25) is 0 Å². The largest absolute Gasteiger partial charge is 0.444 e. The highest BCUT2D eigenvalue weighted by atomic mass is 19.1. The van der Waals surface area contributed by atoms with Crippen LogP contribution in [0.1, 0.15) is 45.3 Å². The Morgan fingerprint density at radius 3 is 2.54 bits per heavy atom. The second kappa shape index (κ2) is 8.52. The Kier molecular flexibility index (Phi) is 5.62. The Bertz CT molecular complexity index is 1490. The number of pyridine rings is 2. The quantitative estimate of drug-likeness (QED) is 0.392. The highest BCUT2D eigenvalue weighted by molar-refractivity contribution is 5.86. The fraction of sp³-hybridized carbons (Fsp3) is 0.370. The zero-order valence-electron chi connectivity index (χ0n) is 20.4. The van der Waals surface area contributed by atoms with Gasteiger partial charge in [-0.05, 0) is 75.8 Å². The van der Waals surface area contributed by atoms with E-state index in [9.17, 15) is 14.0 Å². The van der Waals surface area contributed by atoms with E-state index in [0.717, 1.165) is 16.6 Å². The third-order valence-corrected chi connectivity index (χ3v) is 6.40. The van der Waals surface area contributed by atoms with Gasteiger partial charge in [-0.25, -0.2) is 14.2 Å². The number of imidazole rings is 1. The van der Waals surface area contributed by atoms with Gasteiger partial charge in [0.25, 0.3) is 5.56 Å². The number of likely N-dealkylation sites (tertiary alicyclic amines) is 1. The number of halogens is 1. The third-order valence-electron chi connectivity index (χ3n) is 6.40. The Balaban J connectivity index is 1.39. The second-order valence-electron chi connectivity index (χ2n) is 10.2. The fourth-order valence-electron chi connectivity index (χ4n) is 4.72. The smallest absolute Gasteiger partial charge is 0.410 e. The molecule has 1 amide bonds. The van der Waals surface area contributed by atoms with Gasteiger partial charge in [0, 0.05) is 48.7 Å². The van der Waals surface area contributed by atoms with Crippen molar-refractivity contribution < 1.29 is 13.9 Å². The van der Waals surface area contributed by atoms with Gasteiger partial charge < -0.3 is 18.6 Å². The van der Waals surface area contributed by atoms with Gasteiger partial charge in [-0.1, -0.05) is 6.07 Å². The molecule has 4 aromatic rings. The van der Waals surface area contributed by atoms with E-state index in [1.165, 1.54) is 6.07 Å². The first-order chi connectivity index (χ1) is 16.6. The van der Waals surface area contributed by atoms with Crippen molar-refractivity contribution in [2.24, 2.45) is 0 Å². The molecule has 4 heterocycles. The molecule has 5 rings (SSSR count). The van der Waals surface area contributed by atoms with Crippen LogP contribution in [-0.4, -0.2) is 43.6 Å². The summed E-state index contributed by atoms with van der Waals surface area (Å²) in [5.41, 5.74) is 2.00. The van der Waals surface area contributed by atoms with Crippen LogP contribution in [-0.2, 0) is 4.74 Å². The average Bonchev–Trinajstić information content (AvgIpc) is 3.19. The summed E-state index contributed by atoms with van der Waals surface area (Å²) in [6.07, 6.45) is 6.52. The number of aryl methyl sites for hydroxylation is 1. The number of aromatic nitrogens is 3. The average molecular weight is 477 g/mol. The normalized spacial score (nSPS) is 15.2. The number of carbonyl (C=O) groups excluding carboxylic acids is 1. The summed E-state index contributed by atoms with van der Waals surface area (Å²) < 4.78 is 23.5. The molecule has 182 valence electrons. The summed E-state index contributed by atoms with van der Waals surface area (Å²) in [6, 6.07) is 8.99. The maximum absolute atomic E-state index is 14.6. The molecule has 1 saturated heterocycles. The molecule has 0 unspecified atom stereocenters. The molecule has 0 atom stereocenters. The highest BCUT2D eigenvalue weighted by Crippen LogP contribution is 2.27. The van der Waals surface area contributed by atoms with Gasteiger partial charge >= 0.3 is 6.09 Å². The topological polar surface area (TPSA) is 68.8 Å². The van der Waals surface area contributed by atoms with Gasteiger partial charge in [-0.15, -0.1) is 0 Å². The number of ether oxygens (including phenoxy) is 1. The molecule has 1 aliphatic heterocycles. The lowest BCUT2D eigenvalue weighted by molar-refractivity contribution is 0.0187. The molecule has 8 heteroatoms. The first-order valence-electron chi connectivity index (χ1n) is 11.9. The maximum atomic E-state index is 14.6. The number of amides is 1. The lowest BCUT2D eigenvalue weighted by Crippen LogP contribution is -2.43. The van der Waals surface area contributed by atoms with E-state index < -0.39 is 5.60 Å². The van der Waals surface area contributed by atoms with Crippen LogP contribution in [0.25, 0.3) is 27.5 Å². The third kappa shape index (κ3) is 4.52. The molecular weight excluding hydrogens is 447 g/mol. The molecule has 35 heavy (non-hydrogen) atoms. The molecule has 0 spiro atoms.